The molecule has 0 unspecified atom stereocenters. The van der Waals surface area contributed by atoms with Gasteiger partial charge in [-0.3, -0.25) is 5.73 Å². The zero-order chi connectivity index (χ0) is 8.27. The molecule has 1 N–H and O–H groups in total. The number of rotatable bonds is 1. The molecule has 1 radical (unpaired) electrons. The second-order valence-electron chi connectivity index (χ2n) is 1.92. The van der Waals surface area contributed by atoms with Crippen LogP contribution in [0.3, 0.4) is 0 Å². The fourth-order valence-electron chi connectivity index (χ4n) is 0.676. The third kappa shape index (κ3) is 2.06. The van der Waals surface area contributed by atoms with E-state index in [1.54, 1.807) is 12.1 Å². The molecule has 0 aliphatic rings. The average molecular weight is 186 g/mol. The first-order valence-electron chi connectivity index (χ1n) is 2.98. The van der Waals surface area contributed by atoms with Gasteiger partial charge in [-0.1, -0.05) is 18.2 Å². The number of nitrogens with one attached hydrogen (secondary N) is 1. The van der Waals surface area contributed by atoms with Gasteiger partial charge in [0.05, 0.1) is 5.69 Å². The van der Waals surface area contributed by atoms with Crippen molar-refractivity contribution in [3.8, 4) is 0 Å². The summed E-state index contributed by atoms with van der Waals surface area (Å²) in [4.78, 5) is 0. The topological polar surface area (TPSA) is 27.0 Å². The quantitative estimate of drug-likeness (QED) is 0.496. The van der Waals surface area contributed by atoms with Crippen molar-refractivity contribution in [3.63, 3.8) is 0 Å². The Hall–Kier alpha value is -0.800. The smallest absolute Gasteiger partial charge is 0.207 e. The van der Waals surface area contributed by atoms with Crippen LogP contribution < -0.4 is 10.2 Å². The summed E-state index contributed by atoms with van der Waals surface area (Å²) in [6, 6.07) is 9.12. The maximum atomic E-state index is 7.05. The summed E-state index contributed by atoms with van der Waals surface area (Å²) >= 11 is 10.2. The molecule has 0 bridgehead atoms. The zero-order valence-electron chi connectivity index (χ0n) is 5.62. The van der Waals surface area contributed by atoms with Gasteiger partial charge in [-0.05, 0) is 24.4 Å². The highest BCUT2D eigenvalue weighted by Crippen LogP contribution is 2.14. The summed E-state index contributed by atoms with van der Waals surface area (Å²) in [6.45, 7) is 0. The lowest BCUT2D eigenvalue weighted by molar-refractivity contribution is 1.46. The first-order chi connectivity index (χ1) is 5.22. The van der Waals surface area contributed by atoms with Crippen molar-refractivity contribution in [2.24, 2.45) is 0 Å². The lowest BCUT2D eigenvalue weighted by atomic mass is 10.3. The molecule has 11 heavy (non-hydrogen) atoms. The van der Waals surface area contributed by atoms with E-state index in [-0.39, 0.29) is 5.11 Å². The lowest BCUT2D eigenvalue weighted by Crippen LogP contribution is -2.18. The minimum absolute atomic E-state index is 0.0992. The third-order valence-electron chi connectivity index (χ3n) is 1.16. The van der Waals surface area contributed by atoms with Crippen LogP contribution in [-0.4, -0.2) is 5.11 Å². The summed E-state index contributed by atoms with van der Waals surface area (Å²) in [5, 5.41) is -0.0992. The van der Waals surface area contributed by atoms with Gasteiger partial charge in [0.2, 0.25) is 5.11 Å². The third-order valence-corrected chi connectivity index (χ3v) is 1.81. The Morgan fingerprint density at radius 2 is 1.91 bits per heavy atom. The summed E-state index contributed by atoms with van der Waals surface area (Å²) in [5.41, 5.74) is 7.76. The molecule has 0 heterocycles. The largest absolute Gasteiger partial charge is 0.273 e. The highest BCUT2D eigenvalue weighted by atomic mass is 35.5. The fourth-order valence-corrected chi connectivity index (χ4v) is 0.894. The summed E-state index contributed by atoms with van der Waals surface area (Å²) in [6.07, 6.45) is 0. The van der Waals surface area contributed by atoms with E-state index in [2.05, 4.69) is 12.2 Å². The lowest BCUT2D eigenvalue weighted by Gasteiger charge is -2.10. The van der Waals surface area contributed by atoms with Gasteiger partial charge in [0, 0.05) is 11.8 Å². The van der Waals surface area contributed by atoms with E-state index in [4.69, 9.17) is 17.5 Å². The maximum Gasteiger partial charge on any atom is 0.207 e. The van der Waals surface area contributed by atoms with E-state index in [1.807, 2.05) is 18.2 Å². The first kappa shape index (κ1) is 8.30. The van der Waals surface area contributed by atoms with Crippen LogP contribution >= 0.6 is 24.0 Å². The monoisotopic (exact) mass is 185 g/mol. The van der Waals surface area contributed by atoms with Crippen molar-refractivity contribution < 1.29 is 0 Å². The minimum atomic E-state index is -0.0992. The molecule has 0 fully saturated rings. The molecular weight excluding hydrogens is 180 g/mol. The molecule has 0 aliphatic heterocycles. The molecule has 0 amide bonds. The van der Waals surface area contributed by atoms with E-state index in [1.165, 1.54) is 0 Å². The molecule has 1 aromatic carbocycles. The number of nitrogens with zero attached hydrogens (tertiary/aromatic N) is 1. The zero-order valence-corrected chi connectivity index (χ0v) is 7.19. The Balaban J connectivity index is 2.85. The van der Waals surface area contributed by atoms with Crippen LogP contribution in [0.15, 0.2) is 30.3 Å². The number of hydrogen-bond acceptors (Lipinski definition) is 1. The maximum absolute atomic E-state index is 7.05. The van der Waals surface area contributed by atoms with Gasteiger partial charge in [-0.15, -0.1) is 0 Å². The summed E-state index contributed by atoms with van der Waals surface area (Å²) < 4.78 is 1.12. The van der Waals surface area contributed by atoms with Crippen molar-refractivity contribution in [2.45, 2.75) is 0 Å². The van der Waals surface area contributed by atoms with Gasteiger partial charge in [0.1, 0.15) is 0 Å². The molecule has 0 aromatic heterocycles. The Morgan fingerprint density at radius 1 is 1.36 bits per heavy atom. The molecule has 0 aliphatic carbocycles. The predicted molar refractivity (Wildman–Crippen MR) is 50.5 cm³/mol. The fraction of sp³-hybridized carbons (Fsp3) is 0. The Bertz CT molecular complexity index is 250. The highest BCUT2D eigenvalue weighted by molar-refractivity contribution is 7.80. The van der Waals surface area contributed by atoms with Crippen molar-refractivity contribution >= 4 is 34.8 Å². The van der Waals surface area contributed by atoms with Crippen molar-refractivity contribution in [1.82, 2.24) is 5.73 Å². The molecule has 57 valence electrons. The molecule has 0 atom stereocenters. The highest BCUT2D eigenvalue weighted by Gasteiger charge is 2.03. The van der Waals surface area contributed by atoms with Gasteiger partial charge >= 0.3 is 0 Å². The van der Waals surface area contributed by atoms with E-state index in [0.717, 1.165) is 4.42 Å². The van der Waals surface area contributed by atoms with Crippen molar-refractivity contribution in [3.05, 3.63) is 30.3 Å². The van der Waals surface area contributed by atoms with Gasteiger partial charge in [-0.25, -0.2) is 4.42 Å². The van der Waals surface area contributed by atoms with Gasteiger partial charge in [0.15, 0.2) is 0 Å². The van der Waals surface area contributed by atoms with Gasteiger partial charge in [-0.2, -0.15) is 0 Å². The number of benzene rings is 1. The van der Waals surface area contributed by atoms with Crippen LogP contribution in [0.5, 0.6) is 0 Å². The van der Waals surface area contributed by atoms with Crippen molar-refractivity contribution in [2.75, 3.05) is 4.42 Å². The Labute approximate surface area is 75.7 Å². The van der Waals surface area contributed by atoms with E-state index in [9.17, 15) is 0 Å². The first-order valence-corrected chi connectivity index (χ1v) is 3.73. The number of hydrogen-bond donors (Lipinski definition) is 0. The van der Waals surface area contributed by atoms with Gasteiger partial charge < -0.3 is 0 Å². The number of para-hydroxylation sites is 1. The van der Waals surface area contributed by atoms with Crippen LogP contribution in [0.4, 0.5) is 5.69 Å². The Morgan fingerprint density at radius 3 is 2.36 bits per heavy atom. The molecule has 0 saturated heterocycles. The van der Waals surface area contributed by atoms with E-state index < -0.39 is 0 Å². The molecule has 0 saturated carbocycles. The molecular formula is C7H6ClN2S. The molecule has 2 nitrogen and oxygen atoms in total. The Kier molecular flexibility index (Phi) is 2.68. The molecule has 4 heteroatoms. The second kappa shape index (κ2) is 3.55. The predicted octanol–water partition coefficient (Wildman–Crippen LogP) is 2.21. The molecule has 1 rings (SSSR count). The second-order valence-corrected chi connectivity index (χ2v) is 2.65. The number of halogens is 1. The SMILES string of the molecule is [NH]C(=S)N(Cl)c1ccccc1. The molecule has 1 aromatic rings. The van der Waals surface area contributed by atoms with Crippen LogP contribution in [0, 0.1) is 0 Å². The minimum Gasteiger partial charge on any atom is -0.273 e. The van der Waals surface area contributed by atoms with Crippen LogP contribution in [0.25, 0.3) is 0 Å². The number of thiocarbonyl (C=S) groups is 1. The number of anilines is 1. The summed E-state index contributed by atoms with van der Waals surface area (Å²) in [7, 11) is 0. The normalized spacial score (nSPS) is 9.18. The molecule has 0 spiro atoms. The van der Waals surface area contributed by atoms with E-state index >= 15 is 0 Å². The van der Waals surface area contributed by atoms with Crippen LogP contribution in [0.2, 0.25) is 0 Å². The van der Waals surface area contributed by atoms with Crippen LogP contribution in [-0.2, 0) is 0 Å². The van der Waals surface area contributed by atoms with Crippen molar-refractivity contribution in [1.29, 1.82) is 0 Å². The summed E-state index contributed by atoms with van der Waals surface area (Å²) in [5.74, 6) is 0. The van der Waals surface area contributed by atoms with E-state index in [0.29, 0.717) is 5.69 Å². The van der Waals surface area contributed by atoms with Gasteiger partial charge in [0.25, 0.3) is 0 Å². The standard InChI is InChI=1S/C7H6ClN2S/c8-10(7(9)11)6-4-2-1-3-5-6/h1-5,9H. The van der Waals surface area contributed by atoms with Crippen LogP contribution in [0.1, 0.15) is 0 Å². The average Bonchev–Trinajstić information content (AvgIpc) is 2.05.